The highest BCUT2D eigenvalue weighted by Gasteiger charge is 2.64. The second-order valence-corrected chi connectivity index (χ2v) is 7.32. The zero-order valence-electron chi connectivity index (χ0n) is 13.3. The largest absolute Gasteiger partial charge is 0.456 e. The molecular formula is C16H22F2O5. The highest BCUT2D eigenvalue weighted by atomic mass is 19.3. The molecule has 0 aromatic rings. The highest BCUT2D eigenvalue weighted by Crippen LogP contribution is 2.61. The molecule has 3 unspecified atom stereocenters. The lowest BCUT2D eigenvalue weighted by Gasteiger charge is -2.58. The quantitative estimate of drug-likeness (QED) is 0.572. The van der Waals surface area contributed by atoms with Crippen molar-refractivity contribution in [1.29, 1.82) is 0 Å². The van der Waals surface area contributed by atoms with E-state index in [2.05, 4.69) is 0 Å². The van der Waals surface area contributed by atoms with Crippen molar-refractivity contribution in [3.63, 3.8) is 0 Å². The molecule has 3 atom stereocenters. The molecular weight excluding hydrogens is 310 g/mol. The van der Waals surface area contributed by atoms with Gasteiger partial charge < -0.3 is 14.2 Å². The van der Waals surface area contributed by atoms with E-state index in [9.17, 15) is 18.4 Å². The van der Waals surface area contributed by atoms with Crippen LogP contribution in [0.2, 0.25) is 0 Å². The fourth-order valence-electron chi connectivity index (χ4n) is 4.96. The van der Waals surface area contributed by atoms with E-state index in [-0.39, 0.29) is 12.7 Å². The Kier molecular flexibility index (Phi) is 4.11. The molecule has 23 heavy (non-hydrogen) atoms. The van der Waals surface area contributed by atoms with Gasteiger partial charge in [0.1, 0.15) is 11.5 Å². The van der Waals surface area contributed by atoms with Gasteiger partial charge in [0, 0.05) is 14.0 Å². The Morgan fingerprint density at radius 2 is 1.78 bits per heavy atom. The standard InChI is InChI=1S/C16H22F2O5/c1-15(17,18)13(19)23-12-11-4-9-3-10(5-11)7-16(12,6-9)14(20)22-8-21-2/h9-12H,3-8H2,1-2H3. The van der Waals surface area contributed by atoms with Crippen molar-refractivity contribution in [2.75, 3.05) is 13.9 Å². The van der Waals surface area contributed by atoms with Crippen molar-refractivity contribution in [2.45, 2.75) is 51.1 Å². The first-order chi connectivity index (χ1) is 10.8. The second kappa shape index (κ2) is 5.69. The number of carbonyl (C=O) groups is 2. The Bertz CT molecular complexity index is 487. The molecule has 0 saturated heterocycles. The number of ether oxygens (including phenoxy) is 3. The Morgan fingerprint density at radius 3 is 2.30 bits per heavy atom. The third-order valence-electron chi connectivity index (χ3n) is 5.52. The van der Waals surface area contributed by atoms with E-state index in [4.69, 9.17) is 14.2 Å². The Labute approximate surface area is 133 Å². The van der Waals surface area contributed by atoms with Crippen LogP contribution in [0.4, 0.5) is 8.78 Å². The van der Waals surface area contributed by atoms with Gasteiger partial charge in [0.2, 0.25) is 0 Å². The van der Waals surface area contributed by atoms with Crippen LogP contribution in [-0.4, -0.2) is 37.9 Å². The summed E-state index contributed by atoms with van der Waals surface area (Å²) in [5.41, 5.74) is -0.992. The van der Waals surface area contributed by atoms with Crippen LogP contribution in [0, 0.1) is 23.2 Å². The topological polar surface area (TPSA) is 61.8 Å². The van der Waals surface area contributed by atoms with E-state index in [0.29, 0.717) is 31.6 Å². The molecule has 0 spiro atoms. The molecule has 4 saturated carbocycles. The molecule has 4 rings (SSSR count). The average molecular weight is 332 g/mol. The van der Waals surface area contributed by atoms with Crippen molar-refractivity contribution in [3.8, 4) is 0 Å². The predicted molar refractivity (Wildman–Crippen MR) is 74.5 cm³/mol. The molecule has 4 aliphatic carbocycles. The summed E-state index contributed by atoms with van der Waals surface area (Å²) < 4.78 is 41.6. The summed E-state index contributed by atoms with van der Waals surface area (Å²) in [6.45, 7) is 0.326. The van der Waals surface area contributed by atoms with Gasteiger partial charge in [-0.15, -0.1) is 0 Å². The van der Waals surface area contributed by atoms with Crippen LogP contribution in [0.5, 0.6) is 0 Å². The smallest absolute Gasteiger partial charge is 0.376 e. The summed E-state index contributed by atoms with van der Waals surface area (Å²) in [6, 6.07) is 0. The van der Waals surface area contributed by atoms with E-state index < -0.39 is 29.4 Å². The van der Waals surface area contributed by atoms with E-state index in [1.807, 2.05) is 0 Å². The SMILES string of the molecule is COCOC(=O)C12CC3CC(CC(C3)C1OC(=O)C(C)(F)F)C2. The minimum Gasteiger partial charge on any atom is -0.456 e. The van der Waals surface area contributed by atoms with Crippen LogP contribution < -0.4 is 0 Å². The number of halogens is 2. The molecule has 0 aromatic heterocycles. The van der Waals surface area contributed by atoms with E-state index in [0.717, 1.165) is 19.3 Å². The lowest BCUT2D eigenvalue weighted by Crippen LogP contribution is -2.61. The maximum Gasteiger partial charge on any atom is 0.376 e. The van der Waals surface area contributed by atoms with Gasteiger partial charge in [-0.05, 0) is 49.9 Å². The molecule has 4 aliphatic rings. The first-order valence-electron chi connectivity index (χ1n) is 8.01. The Balaban J connectivity index is 1.86. The number of hydrogen-bond donors (Lipinski definition) is 0. The zero-order valence-corrected chi connectivity index (χ0v) is 13.3. The summed E-state index contributed by atoms with van der Waals surface area (Å²) in [5.74, 6) is -4.90. The van der Waals surface area contributed by atoms with E-state index >= 15 is 0 Å². The third kappa shape index (κ3) is 2.84. The molecule has 0 aromatic carbocycles. The fourth-order valence-corrected chi connectivity index (χ4v) is 4.96. The number of alkyl halides is 2. The molecule has 4 bridgehead atoms. The zero-order chi connectivity index (χ0) is 16.8. The summed E-state index contributed by atoms with van der Waals surface area (Å²) >= 11 is 0. The lowest BCUT2D eigenvalue weighted by atomic mass is 9.48. The Hall–Kier alpha value is -1.24. The fraction of sp³-hybridized carbons (Fsp3) is 0.875. The third-order valence-corrected chi connectivity index (χ3v) is 5.52. The normalized spacial score (nSPS) is 38.4. The Morgan fingerprint density at radius 1 is 1.17 bits per heavy atom. The van der Waals surface area contributed by atoms with Crippen molar-refractivity contribution < 1.29 is 32.6 Å². The summed E-state index contributed by atoms with van der Waals surface area (Å²) in [4.78, 5) is 24.3. The maximum atomic E-state index is 13.3. The van der Waals surface area contributed by atoms with E-state index in [1.54, 1.807) is 0 Å². The minimum atomic E-state index is -3.56. The minimum absolute atomic E-state index is 0.0392. The van der Waals surface area contributed by atoms with Gasteiger partial charge in [0.15, 0.2) is 6.79 Å². The summed E-state index contributed by atoms with van der Waals surface area (Å²) in [7, 11) is 1.40. The van der Waals surface area contributed by atoms with Crippen molar-refractivity contribution in [2.24, 2.45) is 23.2 Å². The molecule has 0 amide bonds. The average Bonchev–Trinajstić information content (AvgIpc) is 2.46. The van der Waals surface area contributed by atoms with Crippen LogP contribution in [-0.2, 0) is 23.8 Å². The summed E-state index contributed by atoms with van der Waals surface area (Å²) in [6.07, 6.45) is 2.95. The van der Waals surface area contributed by atoms with Gasteiger partial charge in [-0.1, -0.05) is 0 Å². The van der Waals surface area contributed by atoms with Gasteiger partial charge in [-0.3, -0.25) is 4.79 Å². The van der Waals surface area contributed by atoms with Crippen molar-refractivity contribution in [1.82, 2.24) is 0 Å². The van der Waals surface area contributed by atoms with Gasteiger partial charge in [-0.25, -0.2) is 4.79 Å². The van der Waals surface area contributed by atoms with Crippen LogP contribution >= 0.6 is 0 Å². The van der Waals surface area contributed by atoms with Crippen LogP contribution in [0.15, 0.2) is 0 Å². The summed E-state index contributed by atoms with van der Waals surface area (Å²) in [5, 5.41) is 0. The molecule has 7 heteroatoms. The second-order valence-electron chi connectivity index (χ2n) is 7.32. The lowest BCUT2D eigenvalue weighted by molar-refractivity contribution is -0.224. The van der Waals surface area contributed by atoms with E-state index in [1.165, 1.54) is 7.11 Å². The van der Waals surface area contributed by atoms with Gasteiger partial charge in [-0.2, -0.15) is 8.78 Å². The van der Waals surface area contributed by atoms with Gasteiger partial charge in [0.05, 0.1) is 0 Å². The predicted octanol–water partition coefficient (Wildman–Crippen LogP) is 2.53. The molecule has 0 aliphatic heterocycles. The first kappa shape index (κ1) is 16.6. The van der Waals surface area contributed by atoms with Gasteiger partial charge in [0.25, 0.3) is 0 Å². The molecule has 5 nitrogen and oxygen atoms in total. The van der Waals surface area contributed by atoms with Crippen LogP contribution in [0.25, 0.3) is 0 Å². The number of carbonyl (C=O) groups excluding carboxylic acids is 2. The van der Waals surface area contributed by atoms with Crippen LogP contribution in [0.3, 0.4) is 0 Å². The first-order valence-corrected chi connectivity index (χ1v) is 8.01. The number of esters is 2. The van der Waals surface area contributed by atoms with Gasteiger partial charge >= 0.3 is 17.9 Å². The van der Waals surface area contributed by atoms with Crippen molar-refractivity contribution in [3.05, 3.63) is 0 Å². The number of hydrogen-bond acceptors (Lipinski definition) is 5. The van der Waals surface area contributed by atoms with Crippen LogP contribution in [0.1, 0.15) is 39.0 Å². The molecule has 130 valence electrons. The molecule has 0 radical (unpaired) electrons. The molecule has 4 fully saturated rings. The maximum absolute atomic E-state index is 13.3. The molecule has 0 heterocycles. The highest BCUT2D eigenvalue weighted by molar-refractivity contribution is 5.81. The van der Waals surface area contributed by atoms with Crippen molar-refractivity contribution >= 4 is 11.9 Å². The number of methoxy groups -OCH3 is 1. The monoisotopic (exact) mass is 332 g/mol. The number of rotatable bonds is 5. The molecule has 0 N–H and O–H groups in total.